The number of carbonyl (C=O) groups excluding carboxylic acids is 2. The highest BCUT2D eigenvalue weighted by molar-refractivity contribution is 6.09. The number of nitrogens with zero attached hydrogens (tertiary/aromatic N) is 1. The van der Waals surface area contributed by atoms with Crippen LogP contribution in [-0.2, 0) is 9.59 Å². The summed E-state index contributed by atoms with van der Waals surface area (Å²) in [5.74, 6) is -2.59. The highest BCUT2D eigenvalue weighted by Crippen LogP contribution is 2.23. The largest absolute Gasteiger partial charge is 0.345 e. The van der Waals surface area contributed by atoms with Gasteiger partial charge in [0.05, 0.1) is 5.69 Å². The Kier molecular flexibility index (Phi) is 6.02. The Morgan fingerprint density at radius 3 is 2.45 bits per heavy atom. The lowest BCUT2D eigenvalue weighted by Crippen LogP contribution is -2.46. The van der Waals surface area contributed by atoms with Crippen LogP contribution >= 0.6 is 0 Å². The van der Waals surface area contributed by atoms with E-state index in [2.05, 4.69) is 5.32 Å². The molecule has 0 unspecified atom stereocenters. The van der Waals surface area contributed by atoms with Crippen molar-refractivity contribution in [2.24, 2.45) is 5.41 Å². The van der Waals surface area contributed by atoms with Crippen molar-refractivity contribution >= 4 is 17.5 Å². The molecule has 6 heteroatoms. The third-order valence-electron chi connectivity index (χ3n) is 3.48. The lowest BCUT2D eigenvalue weighted by Gasteiger charge is -2.28. The predicted molar refractivity (Wildman–Crippen MR) is 81.3 cm³/mol. The SMILES string of the molecule is CCCCN(C)C(=O)C(C)(C)C(=O)Nc1ccc(F)cc1F. The molecule has 1 aromatic rings. The molecule has 0 aliphatic heterocycles. The number of hydrogen-bond acceptors (Lipinski definition) is 2. The Labute approximate surface area is 129 Å². The van der Waals surface area contributed by atoms with Gasteiger partial charge in [0.25, 0.3) is 0 Å². The van der Waals surface area contributed by atoms with Crippen LogP contribution in [0.3, 0.4) is 0 Å². The number of amides is 2. The minimum absolute atomic E-state index is 0.150. The summed E-state index contributed by atoms with van der Waals surface area (Å²) in [6, 6.07) is 2.85. The highest BCUT2D eigenvalue weighted by atomic mass is 19.1. The van der Waals surface area contributed by atoms with Crippen LogP contribution in [-0.4, -0.2) is 30.3 Å². The van der Waals surface area contributed by atoms with Crippen LogP contribution in [0, 0.1) is 17.0 Å². The Balaban J connectivity index is 2.83. The molecule has 22 heavy (non-hydrogen) atoms. The summed E-state index contributed by atoms with van der Waals surface area (Å²) in [6.45, 7) is 5.52. The zero-order chi connectivity index (χ0) is 16.9. The standard InChI is InChI=1S/C16H22F2N2O2/c1-5-6-9-20(4)15(22)16(2,3)14(21)19-13-8-7-11(17)10-12(13)18/h7-8,10H,5-6,9H2,1-4H3,(H,19,21). The maximum atomic E-state index is 13.6. The van der Waals surface area contributed by atoms with Crippen molar-refractivity contribution < 1.29 is 18.4 Å². The first-order valence-electron chi connectivity index (χ1n) is 7.22. The van der Waals surface area contributed by atoms with Gasteiger partial charge in [-0.25, -0.2) is 8.78 Å². The Bertz CT molecular complexity index is 559. The fourth-order valence-electron chi connectivity index (χ4n) is 1.94. The van der Waals surface area contributed by atoms with Crippen LogP contribution in [0.4, 0.5) is 14.5 Å². The molecular weight excluding hydrogens is 290 g/mol. The number of halogens is 2. The zero-order valence-electron chi connectivity index (χ0n) is 13.4. The lowest BCUT2D eigenvalue weighted by molar-refractivity contribution is -0.145. The number of unbranched alkanes of at least 4 members (excludes halogenated alkanes) is 1. The molecule has 0 aromatic heterocycles. The van der Waals surface area contributed by atoms with Gasteiger partial charge in [0.1, 0.15) is 17.0 Å². The Hall–Kier alpha value is -1.98. The maximum Gasteiger partial charge on any atom is 0.239 e. The van der Waals surface area contributed by atoms with Gasteiger partial charge in [-0.1, -0.05) is 13.3 Å². The first kappa shape index (κ1) is 18.1. The maximum absolute atomic E-state index is 13.6. The molecule has 0 bridgehead atoms. The van der Waals surface area contributed by atoms with Crippen LogP contribution in [0.25, 0.3) is 0 Å². The summed E-state index contributed by atoms with van der Waals surface area (Å²) in [7, 11) is 1.63. The fraction of sp³-hybridized carbons (Fsp3) is 0.500. The van der Waals surface area contributed by atoms with E-state index in [0.29, 0.717) is 12.6 Å². The summed E-state index contributed by atoms with van der Waals surface area (Å²) in [6.07, 6.45) is 1.78. The molecule has 0 aliphatic carbocycles. The van der Waals surface area contributed by atoms with Crippen molar-refractivity contribution in [3.05, 3.63) is 29.8 Å². The minimum Gasteiger partial charge on any atom is -0.345 e. The number of benzene rings is 1. The van der Waals surface area contributed by atoms with Crippen molar-refractivity contribution in [2.45, 2.75) is 33.6 Å². The van der Waals surface area contributed by atoms with Gasteiger partial charge >= 0.3 is 0 Å². The average Bonchev–Trinajstić information content (AvgIpc) is 2.46. The fourth-order valence-corrected chi connectivity index (χ4v) is 1.94. The van der Waals surface area contributed by atoms with E-state index in [9.17, 15) is 18.4 Å². The third-order valence-corrected chi connectivity index (χ3v) is 3.48. The highest BCUT2D eigenvalue weighted by Gasteiger charge is 2.38. The summed E-state index contributed by atoms with van der Waals surface area (Å²) in [5.41, 5.74) is -1.49. The Morgan fingerprint density at radius 2 is 1.91 bits per heavy atom. The van der Waals surface area contributed by atoms with Crippen molar-refractivity contribution in [2.75, 3.05) is 18.9 Å². The molecule has 1 N–H and O–H groups in total. The number of hydrogen-bond donors (Lipinski definition) is 1. The van der Waals surface area contributed by atoms with Gasteiger partial charge in [-0.05, 0) is 32.4 Å². The summed E-state index contributed by atoms with van der Waals surface area (Å²) in [5, 5.41) is 2.34. The van der Waals surface area contributed by atoms with Gasteiger partial charge in [-0.3, -0.25) is 9.59 Å². The second kappa shape index (κ2) is 7.33. The average molecular weight is 312 g/mol. The Morgan fingerprint density at radius 1 is 1.27 bits per heavy atom. The van der Waals surface area contributed by atoms with E-state index in [4.69, 9.17) is 0 Å². The molecule has 0 radical (unpaired) electrons. The minimum atomic E-state index is -1.34. The normalized spacial score (nSPS) is 11.2. The lowest BCUT2D eigenvalue weighted by atomic mass is 9.90. The molecule has 0 saturated carbocycles. The molecule has 2 amide bonds. The second-order valence-electron chi connectivity index (χ2n) is 5.78. The van der Waals surface area contributed by atoms with Crippen molar-refractivity contribution in [1.82, 2.24) is 4.90 Å². The zero-order valence-corrected chi connectivity index (χ0v) is 13.4. The molecule has 0 spiro atoms. The van der Waals surface area contributed by atoms with Crippen molar-refractivity contribution in [3.8, 4) is 0 Å². The van der Waals surface area contributed by atoms with Crippen LogP contribution < -0.4 is 5.32 Å². The van der Waals surface area contributed by atoms with E-state index in [1.807, 2.05) is 6.92 Å². The second-order valence-corrected chi connectivity index (χ2v) is 5.78. The van der Waals surface area contributed by atoms with Gasteiger partial charge in [-0.15, -0.1) is 0 Å². The molecule has 1 aromatic carbocycles. The topological polar surface area (TPSA) is 49.4 Å². The number of carbonyl (C=O) groups is 2. The molecule has 0 aliphatic rings. The van der Waals surface area contributed by atoms with E-state index in [0.717, 1.165) is 25.0 Å². The summed E-state index contributed by atoms with van der Waals surface area (Å²) in [4.78, 5) is 26.1. The molecule has 0 heterocycles. The van der Waals surface area contributed by atoms with Crippen LogP contribution in [0.5, 0.6) is 0 Å². The molecule has 122 valence electrons. The van der Waals surface area contributed by atoms with Gasteiger partial charge in [-0.2, -0.15) is 0 Å². The number of rotatable bonds is 6. The van der Waals surface area contributed by atoms with E-state index >= 15 is 0 Å². The molecule has 1 rings (SSSR count). The molecular formula is C16H22F2N2O2. The molecule has 4 nitrogen and oxygen atoms in total. The van der Waals surface area contributed by atoms with Gasteiger partial charge in [0.2, 0.25) is 11.8 Å². The van der Waals surface area contributed by atoms with E-state index in [-0.39, 0.29) is 11.6 Å². The smallest absolute Gasteiger partial charge is 0.239 e. The molecule has 0 fully saturated rings. The predicted octanol–water partition coefficient (Wildman–Crippen LogP) is 3.19. The van der Waals surface area contributed by atoms with Crippen molar-refractivity contribution in [1.29, 1.82) is 0 Å². The summed E-state index contributed by atoms with van der Waals surface area (Å²) >= 11 is 0. The molecule has 0 atom stereocenters. The van der Waals surface area contributed by atoms with Gasteiger partial charge < -0.3 is 10.2 Å². The first-order chi connectivity index (χ1) is 10.2. The third kappa shape index (κ3) is 4.26. The van der Waals surface area contributed by atoms with Crippen molar-refractivity contribution in [3.63, 3.8) is 0 Å². The van der Waals surface area contributed by atoms with E-state index < -0.39 is 23.0 Å². The van der Waals surface area contributed by atoms with Crippen LogP contribution in [0.2, 0.25) is 0 Å². The van der Waals surface area contributed by atoms with Gasteiger partial charge in [0, 0.05) is 19.7 Å². The first-order valence-corrected chi connectivity index (χ1v) is 7.22. The number of anilines is 1. The summed E-state index contributed by atoms with van der Waals surface area (Å²) < 4.78 is 26.4. The molecule has 0 saturated heterocycles. The van der Waals surface area contributed by atoms with Gasteiger partial charge in [0.15, 0.2) is 0 Å². The van der Waals surface area contributed by atoms with E-state index in [1.165, 1.54) is 18.7 Å². The monoisotopic (exact) mass is 312 g/mol. The van der Waals surface area contributed by atoms with Crippen LogP contribution in [0.1, 0.15) is 33.6 Å². The van der Waals surface area contributed by atoms with Crippen LogP contribution in [0.15, 0.2) is 18.2 Å². The number of nitrogens with one attached hydrogen (secondary N) is 1. The van der Waals surface area contributed by atoms with E-state index in [1.54, 1.807) is 7.05 Å². The quantitative estimate of drug-likeness (QED) is 0.820.